The van der Waals surface area contributed by atoms with Gasteiger partial charge in [0.05, 0.1) is 32.6 Å². The van der Waals surface area contributed by atoms with Crippen molar-refractivity contribution in [1.29, 1.82) is 0 Å². The van der Waals surface area contributed by atoms with Gasteiger partial charge in [-0.25, -0.2) is 10.9 Å². The van der Waals surface area contributed by atoms with Gasteiger partial charge in [0.25, 0.3) is 11.8 Å². The first-order valence-corrected chi connectivity index (χ1v) is 15.8. The molecule has 0 heterocycles. The van der Waals surface area contributed by atoms with E-state index in [1.807, 2.05) is 0 Å². The summed E-state index contributed by atoms with van der Waals surface area (Å²) in [5, 5.41) is 15.1. The van der Waals surface area contributed by atoms with Crippen LogP contribution in [-0.2, 0) is 9.59 Å². The summed E-state index contributed by atoms with van der Waals surface area (Å²) in [6, 6.07) is 22.9. The van der Waals surface area contributed by atoms with Crippen LogP contribution in [0, 0.1) is 0 Å². The van der Waals surface area contributed by atoms with Crippen molar-refractivity contribution in [1.82, 2.24) is 10.9 Å². The molecular formula is C34H28Cl4N6O4. The lowest BCUT2D eigenvalue weighted by atomic mass is 10.1. The fraction of sp³-hybridized carbons (Fsp3) is 0.118. The first-order chi connectivity index (χ1) is 22.9. The highest BCUT2D eigenvalue weighted by molar-refractivity contribution is 6.38. The monoisotopic (exact) mass is 724 g/mol. The Hall–Kier alpha value is -4.74. The standard InChI is InChI=1S/C34H28Cl4N6O4/c1-19(21-3-9-25(10-4-21)39-33(47)27-13-7-23(35)17-29(27)37)41-43-31(45)15-16-32(46)44-42-20(2)22-5-11-26(12-6-22)40-34(48)28-14-8-24(36)18-30(28)38/h3-14,17-18H,15-16H2,1-2H3,(H,39,47)(H,40,48)(H,43,45)(H,44,46)/b41-19+,42-20+. The molecule has 4 aromatic rings. The highest BCUT2D eigenvalue weighted by Gasteiger charge is 2.13. The summed E-state index contributed by atoms with van der Waals surface area (Å²) in [6.45, 7) is 3.42. The summed E-state index contributed by atoms with van der Waals surface area (Å²) < 4.78 is 0. The Morgan fingerprint density at radius 2 is 0.896 bits per heavy atom. The van der Waals surface area contributed by atoms with Crippen molar-refractivity contribution in [3.05, 3.63) is 127 Å². The van der Waals surface area contributed by atoms with Gasteiger partial charge in [-0.2, -0.15) is 10.2 Å². The molecule has 48 heavy (non-hydrogen) atoms. The van der Waals surface area contributed by atoms with Gasteiger partial charge in [-0.05, 0) is 85.6 Å². The number of anilines is 2. The molecule has 0 aliphatic heterocycles. The third-order valence-electron chi connectivity index (χ3n) is 6.75. The minimum absolute atomic E-state index is 0.110. The number of amides is 4. The van der Waals surface area contributed by atoms with E-state index in [0.29, 0.717) is 44.0 Å². The number of hydrazone groups is 2. The maximum Gasteiger partial charge on any atom is 0.257 e. The van der Waals surface area contributed by atoms with Crippen molar-refractivity contribution in [2.45, 2.75) is 26.7 Å². The number of nitrogens with one attached hydrogen (secondary N) is 4. The first kappa shape index (κ1) is 36.1. The molecule has 0 fully saturated rings. The second kappa shape index (κ2) is 16.9. The molecule has 0 bridgehead atoms. The number of rotatable bonds is 11. The van der Waals surface area contributed by atoms with Gasteiger partial charge in [0, 0.05) is 34.3 Å². The zero-order valence-corrected chi connectivity index (χ0v) is 28.6. The molecule has 0 aromatic heterocycles. The molecule has 0 atom stereocenters. The summed E-state index contributed by atoms with van der Waals surface area (Å²) in [4.78, 5) is 49.6. The molecule has 4 rings (SSSR count). The molecule has 4 N–H and O–H groups in total. The Morgan fingerprint density at radius 3 is 1.23 bits per heavy atom. The van der Waals surface area contributed by atoms with Crippen LogP contribution in [-0.4, -0.2) is 35.1 Å². The smallest absolute Gasteiger partial charge is 0.257 e. The highest BCUT2D eigenvalue weighted by Crippen LogP contribution is 2.23. The summed E-state index contributed by atoms with van der Waals surface area (Å²) in [5.41, 5.74) is 8.99. The Bertz CT molecular complexity index is 1770. The van der Waals surface area contributed by atoms with Crippen LogP contribution in [0.5, 0.6) is 0 Å². The van der Waals surface area contributed by atoms with Crippen LogP contribution >= 0.6 is 46.4 Å². The molecule has 0 saturated carbocycles. The minimum atomic E-state index is -0.452. The van der Waals surface area contributed by atoms with E-state index in [2.05, 4.69) is 31.7 Å². The summed E-state index contributed by atoms with van der Waals surface area (Å²) >= 11 is 24.0. The highest BCUT2D eigenvalue weighted by atomic mass is 35.5. The second-order valence-corrected chi connectivity index (χ2v) is 12.0. The van der Waals surface area contributed by atoms with Crippen LogP contribution in [0.3, 0.4) is 0 Å². The van der Waals surface area contributed by atoms with E-state index in [1.54, 1.807) is 86.6 Å². The lowest BCUT2D eigenvalue weighted by Crippen LogP contribution is -2.24. The van der Waals surface area contributed by atoms with Crippen LogP contribution < -0.4 is 21.5 Å². The summed E-state index contributed by atoms with van der Waals surface area (Å²) in [5.74, 6) is -1.67. The largest absolute Gasteiger partial charge is 0.322 e. The Balaban J connectivity index is 1.20. The summed E-state index contributed by atoms with van der Waals surface area (Å²) in [7, 11) is 0. The van der Waals surface area contributed by atoms with Gasteiger partial charge in [0.2, 0.25) is 11.8 Å². The zero-order chi connectivity index (χ0) is 34.8. The molecule has 0 radical (unpaired) electrons. The quantitative estimate of drug-likeness (QED) is 0.0920. The van der Waals surface area contributed by atoms with E-state index in [4.69, 9.17) is 46.4 Å². The first-order valence-electron chi connectivity index (χ1n) is 14.3. The zero-order valence-electron chi connectivity index (χ0n) is 25.5. The SMILES string of the molecule is C/C(=N\NC(=O)CCC(=O)N/N=C(\C)c1ccc(NC(=O)c2ccc(Cl)cc2Cl)cc1)c1ccc(NC(=O)c2ccc(Cl)cc2Cl)cc1. The number of hydrogen-bond donors (Lipinski definition) is 4. The lowest BCUT2D eigenvalue weighted by molar-refractivity contribution is -0.126. The van der Waals surface area contributed by atoms with Crippen molar-refractivity contribution >= 4 is 92.8 Å². The number of carbonyl (C=O) groups excluding carboxylic acids is 4. The molecule has 10 nitrogen and oxygen atoms in total. The predicted octanol–water partition coefficient (Wildman–Crippen LogP) is 7.97. The van der Waals surface area contributed by atoms with Crippen molar-refractivity contribution in [3.63, 3.8) is 0 Å². The Kier molecular flexibility index (Phi) is 12.7. The molecule has 4 amide bonds. The van der Waals surface area contributed by atoms with Crippen LogP contribution in [0.25, 0.3) is 0 Å². The minimum Gasteiger partial charge on any atom is -0.322 e. The number of hydrogen-bond acceptors (Lipinski definition) is 6. The van der Waals surface area contributed by atoms with Gasteiger partial charge in [-0.1, -0.05) is 70.7 Å². The number of carbonyl (C=O) groups is 4. The average Bonchev–Trinajstić information content (AvgIpc) is 3.05. The van der Waals surface area contributed by atoms with Crippen molar-refractivity contribution < 1.29 is 19.2 Å². The molecule has 4 aromatic carbocycles. The fourth-order valence-corrected chi connectivity index (χ4v) is 5.08. The number of benzene rings is 4. The van der Waals surface area contributed by atoms with Crippen molar-refractivity contribution in [3.8, 4) is 0 Å². The normalized spacial score (nSPS) is 11.5. The third-order valence-corrected chi connectivity index (χ3v) is 7.84. The van der Waals surface area contributed by atoms with Crippen LogP contribution in [0.1, 0.15) is 58.5 Å². The lowest BCUT2D eigenvalue weighted by Gasteiger charge is -2.09. The third kappa shape index (κ3) is 10.4. The summed E-state index contributed by atoms with van der Waals surface area (Å²) in [6.07, 6.45) is -0.219. The molecule has 14 heteroatoms. The van der Waals surface area contributed by atoms with E-state index in [0.717, 1.165) is 0 Å². The maximum atomic E-state index is 12.5. The molecule has 246 valence electrons. The van der Waals surface area contributed by atoms with Crippen LogP contribution in [0.2, 0.25) is 20.1 Å². The number of nitrogens with zero attached hydrogens (tertiary/aromatic N) is 2. The van der Waals surface area contributed by atoms with Gasteiger partial charge in [0.1, 0.15) is 0 Å². The van der Waals surface area contributed by atoms with Crippen molar-refractivity contribution in [2.24, 2.45) is 10.2 Å². The Labute approximate surface area is 296 Å². The fourth-order valence-electron chi connectivity index (χ4n) is 4.09. The van der Waals surface area contributed by atoms with Gasteiger partial charge in [0.15, 0.2) is 0 Å². The van der Waals surface area contributed by atoms with Gasteiger partial charge < -0.3 is 10.6 Å². The topological polar surface area (TPSA) is 141 Å². The molecule has 0 spiro atoms. The van der Waals surface area contributed by atoms with Crippen LogP contribution in [0.4, 0.5) is 11.4 Å². The van der Waals surface area contributed by atoms with E-state index in [1.165, 1.54) is 12.1 Å². The van der Waals surface area contributed by atoms with E-state index in [-0.39, 0.29) is 45.8 Å². The Morgan fingerprint density at radius 1 is 0.542 bits per heavy atom. The molecule has 0 aliphatic carbocycles. The maximum absolute atomic E-state index is 12.5. The van der Waals surface area contributed by atoms with E-state index < -0.39 is 11.8 Å². The average molecular weight is 726 g/mol. The van der Waals surface area contributed by atoms with Gasteiger partial charge in [-0.3, -0.25) is 19.2 Å². The predicted molar refractivity (Wildman–Crippen MR) is 192 cm³/mol. The second-order valence-electron chi connectivity index (χ2n) is 10.3. The van der Waals surface area contributed by atoms with Gasteiger partial charge >= 0.3 is 0 Å². The van der Waals surface area contributed by atoms with Crippen LogP contribution in [0.15, 0.2) is 95.1 Å². The molecular weight excluding hydrogens is 698 g/mol. The molecule has 0 aliphatic rings. The molecule has 0 saturated heterocycles. The van der Waals surface area contributed by atoms with Gasteiger partial charge in [-0.15, -0.1) is 0 Å². The molecule has 0 unspecified atom stereocenters. The van der Waals surface area contributed by atoms with Crippen molar-refractivity contribution in [2.75, 3.05) is 10.6 Å². The van der Waals surface area contributed by atoms with E-state index in [9.17, 15) is 19.2 Å². The number of halogens is 4. The van der Waals surface area contributed by atoms with E-state index >= 15 is 0 Å².